The number of amides is 2. The number of benzene rings is 2. The largest absolute Gasteiger partial charge is 0.493 e. The first-order chi connectivity index (χ1) is 18.9. The molecule has 2 heterocycles. The van der Waals surface area contributed by atoms with Crippen molar-refractivity contribution < 1.29 is 32.2 Å². The molecule has 1 N–H and O–H groups in total. The van der Waals surface area contributed by atoms with E-state index in [1.54, 1.807) is 31.7 Å². The molecule has 0 bridgehead atoms. The third-order valence-electron chi connectivity index (χ3n) is 6.35. The number of carbonyl (C=O) groups is 2. The lowest BCUT2D eigenvalue weighted by Gasteiger charge is -2.29. The fourth-order valence-corrected chi connectivity index (χ4v) is 4.39. The van der Waals surface area contributed by atoms with Crippen LogP contribution in [0.15, 0.2) is 66.9 Å². The molecule has 1 atom stereocenters. The minimum atomic E-state index is -4.53. The molecular formula is C30H32F3N3O4. The van der Waals surface area contributed by atoms with Crippen LogP contribution in [0, 0.1) is 0 Å². The lowest BCUT2D eigenvalue weighted by atomic mass is 9.96. The fraction of sp³-hybridized carbons (Fsp3) is 0.367. The van der Waals surface area contributed by atoms with Gasteiger partial charge < -0.3 is 19.7 Å². The van der Waals surface area contributed by atoms with E-state index in [0.717, 1.165) is 18.1 Å². The summed E-state index contributed by atoms with van der Waals surface area (Å²) in [5.74, 6) is -0.358. The Morgan fingerprint density at radius 1 is 1.07 bits per heavy atom. The van der Waals surface area contributed by atoms with Crippen LogP contribution in [0.3, 0.4) is 0 Å². The summed E-state index contributed by atoms with van der Waals surface area (Å²) in [5.41, 5.74) is 1.19. The standard InChI is InChI=1S/C30H32F3N3O4/c1-29(2,3)40-28(38)35-19-24(21-7-5-4-6-8-21)27(37)36(23-11-10-22-14-16-39-25(22)17-23)15-13-20-9-12-26(34-18-20)30(31,32)33/h4-12,17-18,24H,13-16,19H2,1-3H3,(H,35,38)/t24-/m0/s1. The van der Waals surface area contributed by atoms with E-state index >= 15 is 0 Å². The van der Waals surface area contributed by atoms with Crippen LogP contribution >= 0.6 is 0 Å². The van der Waals surface area contributed by atoms with E-state index < -0.39 is 29.5 Å². The Bertz CT molecular complexity index is 1320. The first kappa shape index (κ1) is 28.9. The molecule has 1 aromatic heterocycles. The summed E-state index contributed by atoms with van der Waals surface area (Å²) >= 11 is 0. The lowest BCUT2D eigenvalue weighted by Crippen LogP contribution is -2.42. The highest BCUT2D eigenvalue weighted by atomic mass is 19.4. The monoisotopic (exact) mass is 555 g/mol. The van der Waals surface area contributed by atoms with Gasteiger partial charge in [0.2, 0.25) is 5.91 Å². The van der Waals surface area contributed by atoms with Crippen LogP contribution in [0.25, 0.3) is 0 Å². The average Bonchev–Trinajstić information content (AvgIpc) is 3.36. The highest BCUT2D eigenvalue weighted by molar-refractivity contribution is 5.98. The number of alkyl carbamates (subject to hydrolysis) is 1. The van der Waals surface area contributed by atoms with Gasteiger partial charge in [-0.05, 0) is 56.0 Å². The Kier molecular flexibility index (Phi) is 8.66. The number of pyridine rings is 1. The number of anilines is 1. The van der Waals surface area contributed by atoms with Crippen LogP contribution in [0.5, 0.6) is 5.75 Å². The average molecular weight is 556 g/mol. The smallest absolute Gasteiger partial charge is 0.433 e. The molecule has 0 aliphatic carbocycles. The summed E-state index contributed by atoms with van der Waals surface area (Å²) in [7, 11) is 0. The topological polar surface area (TPSA) is 80.8 Å². The molecule has 0 fully saturated rings. The van der Waals surface area contributed by atoms with Crippen molar-refractivity contribution in [2.45, 2.75) is 51.3 Å². The van der Waals surface area contributed by atoms with Crippen molar-refractivity contribution in [3.8, 4) is 5.75 Å². The van der Waals surface area contributed by atoms with Gasteiger partial charge in [-0.2, -0.15) is 13.2 Å². The molecule has 0 saturated carbocycles. The van der Waals surface area contributed by atoms with E-state index in [4.69, 9.17) is 9.47 Å². The number of carbonyl (C=O) groups excluding carboxylic acids is 2. The maximum atomic E-state index is 14.2. The molecule has 40 heavy (non-hydrogen) atoms. The Morgan fingerprint density at radius 2 is 1.82 bits per heavy atom. The van der Waals surface area contributed by atoms with Crippen molar-refractivity contribution >= 4 is 17.7 Å². The van der Waals surface area contributed by atoms with Crippen LogP contribution in [0.1, 0.15) is 49.1 Å². The maximum Gasteiger partial charge on any atom is 0.433 e. The van der Waals surface area contributed by atoms with E-state index in [-0.39, 0.29) is 25.4 Å². The molecule has 0 radical (unpaired) electrons. The van der Waals surface area contributed by atoms with Gasteiger partial charge in [-0.25, -0.2) is 4.79 Å². The molecular weight excluding hydrogens is 523 g/mol. The minimum Gasteiger partial charge on any atom is -0.493 e. The zero-order chi connectivity index (χ0) is 28.9. The first-order valence-electron chi connectivity index (χ1n) is 13.0. The SMILES string of the molecule is CC(C)(C)OC(=O)NC[C@H](C(=O)N(CCc1ccc(C(F)(F)F)nc1)c1ccc2c(c1)OCC2)c1ccccc1. The fourth-order valence-electron chi connectivity index (χ4n) is 4.39. The van der Waals surface area contributed by atoms with Crippen molar-refractivity contribution in [3.05, 3.63) is 89.2 Å². The minimum absolute atomic E-state index is 0.0163. The van der Waals surface area contributed by atoms with Gasteiger partial charge in [0.25, 0.3) is 0 Å². The zero-order valence-electron chi connectivity index (χ0n) is 22.6. The van der Waals surface area contributed by atoms with Crippen LogP contribution in [0.4, 0.5) is 23.7 Å². The van der Waals surface area contributed by atoms with Crippen molar-refractivity contribution in [2.75, 3.05) is 24.6 Å². The second kappa shape index (κ2) is 12.0. The number of aromatic nitrogens is 1. The van der Waals surface area contributed by atoms with Crippen LogP contribution in [0.2, 0.25) is 0 Å². The predicted molar refractivity (Wildman–Crippen MR) is 144 cm³/mol. The number of nitrogens with zero attached hydrogens (tertiary/aromatic N) is 2. The molecule has 0 saturated heterocycles. The third-order valence-corrected chi connectivity index (χ3v) is 6.35. The number of rotatable bonds is 8. The van der Waals surface area contributed by atoms with E-state index in [2.05, 4.69) is 10.3 Å². The molecule has 3 aromatic rings. The first-order valence-corrected chi connectivity index (χ1v) is 13.0. The highest BCUT2D eigenvalue weighted by Crippen LogP contribution is 2.32. The molecule has 212 valence electrons. The number of hydrogen-bond donors (Lipinski definition) is 1. The van der Waals surface area contributed by atoms with E-state index in [1.807, 2.05) is 42.5 Å². The zero-order valence-corrected chi connectivity index (χ0v) is 22.6. The van der Waals surface area contributed by atoms with Crippen molar-refractivity contribution in [1.29, 1.82) is 0 Å². The summed E-state index contributed by atoms with van der Waals surface area (Å²) in [4.78, 5) is 31.7. The number of fused-ring (bicyclic) bond motifs is 1. The molecule has 7 nitrogen and oxygen atoms in total. The molecule has 1 aliphatic rings. The van der Waals surface area contributed by atoms with Gasteiger partial charge in [0.1, 0.15) is 17.0 Å². The molecule has 0 unspecified atom stereocenters. The molecule has 4 rings (SSSR count). The van der Waals surface area contributed by atoms with Gasteiger partial charge in [-0.3, -0.25) is 9.78 Å². The molecule has 10 heteroatoms. The Hall–Kier alpha value is -4.08. The lowest BCUT2D eigenvalue weighted by molar-refractivity contribution is -0.141. The summed E-state index contributed by atoms with van der Waals surface area (Å²) in [6.45, 7) is 5.95. The quantitative estimate of drug-likeness (QED) is 0.373. The summed E-state index contributed by atoms with van der Waals surface area (Å²) < 4.78 is 50.0. The number of ether oxygens (including phenoxy) is 2. The molecule has 2 aromatic carbocycles. The van der Waals surface area contributed by atoms with Gasteiger partial charge >= 0.3 is 12.3 Å². The van der Waals surface area contributed by atoms with Crippen molar-refractivity contribution in [2.24, 2.45) is 0 Å². The predicted octanol–water partition coefficient (Wildman–Crippen LogP) is 5.92. The second-order valence-electron chi connectivity index (χ2n) is 10.5. The van der Waals surface area contributed by atoms with Crippen molar-refractivity contribution in [1.82, 2.24) is 10.3 Å². The van der Waals surface area contributed by atoms with Crippen LogP contribution < -0.4 is 15.0 Å². The summed E-state index contributed by atoms with van der Waals surface area (Å²) in [5, 5.41) is 2.71. The van der Waals surface area contributed by atoms with E-state index in [1.165, 1.54) is 12.3 Å². The van der Waals surface area contributed by atoms with Crippen LogP contribution in [-0.2, 0) is 28.5 Å². The Morgan fingerprint density at radius 3 is 2.48 bits per heavy atom. The van der Waals surface area contributed by atoms with Gasteiger partial charge in [0, 0.05) is 37.5 Å². The molecule has 0 spiro atoms. The second-order valence-corrected chi connectivity index (χ2v) is 10.5. The van der Waals surface area contributed by atoms with Gasteiger partial charge in [-0.15, -0.1) is 0 Å². The van der Waals surface area contributed by atoms with Gasteiger partial charge in [-0.1, -0.05) is 42.5 Å². The molecule has 1 aliphatic heterocycles. The van der Waals surface area contributed by atoms with Gasteiger partial charge in [0.15, 0.2) is 0 Å². The van der Waals surface area contributed by atoms with E-state index in [9.17, 15) is 22.8 Å². The summed E-state index contributed by atoms with van der Waals surface area (Å²) in [6.07, 6.45) is -2.97. The van der Waals surface area contributed by atoms with Crippen LogP contribution in [-0.4, -0.2) is 42.3 Å². The number of halogens is 3. The normalized spacial score (nSPS) is 13.7. The number of hydrogen-bond acceptors (Lipinski definition) is 5. The number of nitrogens with one attached hydrogen (secondary N) is 1. The molecule has 2 amide bonds. The Labute approximate surface area is 231 Å². The van der Waals surface area contributed by atoms with E-state index in [0.29, 0.717) is 29.2 Å². The Balaban J connectivity index is 1.62. The third kappa shape index (κ3) is 7.52. The highest BCUT2D eigenvalue weighted by Gasteiger charge is 2.32. The van der Waals surface area contributed by atoms with Gasteiger partial charge in [0.05, 0.1) is 12.5 Å². The summed E-state index contributed by atoms with van der Waals surface area (Å²) in [6, 6.07) is 16.9. The number of alkyl halides is 3. The van der Waals surface area contributed by atoms with Crippen molar-refractivity contribution in [3.63, 3.8) is 0 Å². The maximum absolute atomic E-state index is 14.2.